The van der Waals surface area contributed by atoms with Crippen LogP contribution in [0.3, 0.4) is 0 Å². The van der Waals surface area contributed by atoms with E-state index in [9.17, 15) is 9.59 Å². The lowest BCUT2D eigenvalue weighted by molar-refractivity contribution is -0.138. The van der Waals surface area contributed by atoms with Crippen molar-refractivity contribution in [1.29, 1.82) is 0 Å². The van der Waals surface area contributed by atoms with Crippen LogP contribution in [-0.4, -0.2) is 84.1 Å². The van der Waals surface area contributed by atoms with E-state index < -0.39 is 0 Å². The summed E-state index contributed by atoms with van der Waals surface area (Å²) in [5, 5.41) is 3.05. The van der Waals surface area contributed by atoms with Crippen molar-refractivity contribution < 1.29 is 14.3 Å². The number of nitrogens with one attached hydrogen (secondary N) is 1. The number of hydrogen-bond acceptors (Lipinski definition) is 6. The van der Waals surface area contributed by atoms with Crippen LogP contribution >= 0.6 is 0 Å². The summed E-state index contributed by atoms with van der Waals surface area (Å²) in [4.78, 5) is 38.5. The number of likely N-dealkylation sites (tertiary alicyclic amines) is 1. The van der Waals surface area contributed by atoms with Crippen molar-refractivity contribution in [1.82, 2.24) is 25.1 Å². The van der Waals surface area contributed by atoms with E-state index in [1.165, 1.54) is 11.3 Å². The molecule has 0 spiro atoms. The minimum atomic E-state index is -0.130. The van der Waals surface area contributed by atoms with Gasteiger partial charge >= 0.3 is 0 Å². The molecule has 8 nitrogen and oxygen atoms in total. The summed E-state index contributed by atoms with van der Waals surface area (Å²) in [6.45, 7) is 7.98. The van der Waals surface area contributed by atoms with Crippen LogP contribution in [0.2, 0.25) is 0 Å². The van der Waals surface area contributed by atoms with Gasteiger partial charge in [0.2, 0.25) is 11.8 Å². The fourth-order valence-corrected chi connectivity index (χ4v) is 4.67. The van der Waals surface area contributed by atoms with Crippen molar-refractivity contribution in [2.75, 3.05) is 52.5 Å². The highest BCUT2D eigenvalue weighted by Crippen LogP contribution is 2.22. The van der Waals surface area contributed by atoms with E-state index in [0.29, 0.717) is 38.9 Å². The van der Waals surface area contributed by atoms with Gasteiger partial charge in [-0.2, -0.15) is 0 Å². The molecule has 2 fully saturated rings. The first-order valence-corrected chi connectivity index (χ1v) is 11.3. The predicted octanol–water partition coefficient (Wildman–Crippen LogP) is 0.503. The lowest BCUT2D eigenvalue weighted by Crippen LogP contribution is -2.49. The number of fused-ring (bicyclic) bond motifs is 1. The summed E-state index contributed by atoms with van der Waals surface area (Å²) in [6.07, 6.45) is 5.01. The minimum absolute atomic E-state index is 0.0387. The van der Waals surface area contributed by atoms with Gasteiger partial charge in [-0.1, -0.05) is 0 Å². The average molecular weight is 416 g/mol. The molecular formula is C22H33N5O3. The molecule has 2 aliphatic heterocycles. The smallest absolute Gasteiger partial charge is 0.224 e. The maximum Gasteiger partial charge on any atom is 0.224 e. The van der Waals surface area contributed by atoms with Crippen LogP contribution in [0, 0.1) is 12.8 Å². The topological polar surface area (TPSA) is 87.7 Å². The van der Waals surface area contributed by atoms with Crippen molar-refractivity contribution in [3.8, 4) is 0 Å². The van der Waals surface area contributed by atoms with E-state index in [1.54, 1.807) is 0 Å². The molecule has 30 heavy (non-hydrogen) atoms. The maximum atomic E-state index is 12.7. The number of carbonyl (C=O) groups is 2. The molecule has 4 rings (SSSR count). The van der Waals surface area contributed by atoms with E-state index in [1.807, 2.05) is 4.90 Å². The third kappa shape index (κ3) is 5.16. The second-order valence-electron chi connectivity index (χ2n) is 8.57. The van der Waals surface area contributed by atoms with Gasteiger partial charge in [-0.05, 0) is 38.2 Å². The van der Waals surface area contributed by atoms with Crippen molar-refractivity contribution in [3.05, 3.63) is 22.8 Å². The molecule has 164 valence electrons. The number of morpholine rings is 1. The molecule has 1 atom stereocenters. The van der Waals surface area contributed by atoms with E-state index in [0.717, 1.165) is 63.6 Å². The number of ether oxygens (including phenoxy) is 1. The standard InChI is InChI=1S/C22H33N5O3/c1-16-18-3-2-4-19(18)25-20(24-16)7-8-23-22(29)17-5-6-21(28)27(15-17)10-9-26-11-13-30-14-12-26/h17H,2-15H2,1H3,(H,23,29)/t17-/m1/s1. The monoisotopic (exact) mass is 415 g/mol. The van der Waals surface area contributed by atoms with E-state index in [-0.39, 0.29) is 17.7 Å². The summed E-state index contributed by atoms with van der Waals surface area (Å²) < 4.78 is 5.37. The van der Waals surface area contributed by atoms with Gasteiger partial charge in [-0.25, -0.2) is 9.97 Å². The Morgan fingerprint density at radius 2 is 2.00 bits per heavy atom. The van der Waals surface area contributed by atoms with Gasteiger partial charge in [0.15, 0.2) is 0 Å². The van der Waals surface area contributed by atoms with Gasteiger partial charge in [0.1, 0.15) is 5.82 Å². The van der Waals surface area contributed by atoms with Crippen LogP contribution in [0.5, 0.6) is 0 Å². The first-order valence-electron chi connectivity index (χ1n) is 11.3. The third-order valence-electron chi connectivity index (χ3n) is 6.49. The molecule has 1 N–H and O–H groups in total. The maximum absolute atomic E-state index is 12.7. The number of aryl methyl sites for hydroxylation is 2. The number of carbonyl (C=O) groups excluding carboxylic acids is 2. The van der Waals surface area contributed by atoms with Crippen LogP contribution < -0.4 is 5.32 Å². The number of hydrogen-bond donors (Lipinski definition) is 1. The van der Waals surface area contributed by atoms with Gasteiger partial charge in [-0.3, -0.25) is 14.5 Å². The zero-order valence-electron chi connectivity index (χ0n) is 18.0. The summed E-state index contributed by atoms with van der Waals surface area (Å²) in [6, 6.07) is 0. The summed E-state index contributed by atoms with van der Waals surface area (Å²) >= 11 is 0. The molecule has 0 radical (unpaired) electrons. The Labute approximate surface area is 178 Å². The van der Waals surface area contributed by atoms with Gasteiger partial charge < -0.3 is 15.0 Å². The molecule has 0 unspecified atom stereocenters. The molecule has 1 aromatic rings. The number of amides is 2. The number of piperidine rings is 1. The van der Waals surface area contributed by atoms with Crippen molar-refractivity contribution in [2.24, 2.45) is 5.92 Å². The first kappa shape index (κ1) is 21.2. The summed E-state index contributed by atoms with van der Waals surface area (Å²) in [7, 11) is 0. The first-order chi connectivity index (χ1) is 14.6. The lowest BCUT2D eigenvalue weighted by atomic mass is 9.96. The largest absolute Gasteiger partial charge is 0.379 e. The van der Waals surface area contributed by atoms with Crippen LogP contribution in [0.15, 0.2) is 0 Å². The van der Waals surface area contributed by atoms with Crippen molar-refractivity contribution >= 4 is 11.8 Å². The molecule has 1 aromatic heterocycles. The molecule has 2 amide bonds. The molecule has 0 saturated carbocycles. The number of nitrogens with zero attached hydrogens (tertiary/aromatic N) is 4. The molecule has 8 heteroatoms. The highest BCUT2D eigenvalue weighted by Gasteiger charge is 2.30. The predicted molar refractivity (Wildman–Crippen MR) is 112 cm³/mol. The second kappa shape index (κ2) is 9.83. The van der Waals surface area contributed by atoms with Gasteiger partial charge in [-0.15, -0.1) is 0 Å². The quantitative estimate of drug-likeness (QED) is 0.698. The fourth-order valence-electron chi connectivity index (χ4n) is 4.67. The SMILES string of the molecule is Cc1nc(CCNC(=O)[C@@H]2CCC(=O)N(CCN3CCOCC3)C2)nc2c1CCC2. The van der Waals surface area contributed by atoms with Crippen molar-refractivity contribution in [2.45, 2.75) is 45.4 Å². The van der Waals surface area contributed by atoms with Crippen LogP contribution in [-0.2, 0) is 33.6 Å². The molecule has 0 aromatic carbocycles. The normalized spacial score (nSPS) is 22.2. The summed E-state index contributed by atoms with van der Waals surface area (Å²) in [5.74, 6) is 0.889. The average Bonchev–Trinajstić information content (AvgIpc) is 3.23. The van der Waals surface area contributed by atoms with Gasteiger partial charge in [0, 0.05) is 63.5 Å². The van der Waals surface area contributed by atoms with Gasteiger partial charge in [0.25, 0.3) is 0 Å². The molecule has 1 aliphatic carbocycles. The Hall–Kier alpha value is -2.06. The van der Waals surface area contributed by atoms with E-state index in [2.05, 4.69) is 27.1 Å². The minimum Gasteiger partial charge on any atom is -0.379 e. The fraction of sp³-hybridized carbons (Fsp3) is 0.727. The van der Waals surface area contributed by atoms with Gasteiger partial charge in [0.05, 0.1) is 19.1 Å². The van der Waals surface area contributed by atoms with Crippen molar-refractivity contribution in [3.63, 3.8) is 0 Å². The Morgan fingerprint density at radius 3 is 2.83 bits per heavy atom. The highest BCUT2D eigenvalue weighted by molar-refractivity contribution is 5.83. The zero-order chi connectivity index (χ0) is 20.9. The third-order valence-corrected chi connectivity index (χ3v) is 6.49. The second-order valence-corrected chi connectivity index (χ2v) is 8.57. The van der Waals surface area contributed by atoms with Crippen LogP contribution in [0.4, 0.5) is 0 Å². The highest BCUT2D eigenvalue weighted by atomic mass is 16.5. The molecule has 3 heterocycles. The number of rotatable bonds is 7. The molecule has 3 aliphatic rings. The number of aromatic nitrogens is 2. The van der Waals surface area contributed by atoms with Crippen LogP contribution in [0.1, 0.15) is 42.0 Å². The lowest BCUT2D eigenvalue weighted by Gasteiger charge is -2.34. The molecule has 0 bridgehead atoms. The Bertz CT molecular complexity index is 778. The Balaban J connectivity index is 1.23. The van der Waals surface area contributed by atoms with E-state index >= 15 is 0 Å². The Morgan fingerprint density at radius 1 is 1.17 bits per heavy atom. The molecule has 2 saturated heterocycles. The van der Waals surface area contributed by atoms with E-state index in [4.69, 9.17) is 4.74 Å². The van der Waals surface area contributed by atoms with Crippen LogP contribution in [0.25, 0.3) is 0 Å². The molecular weight excluding hydrogens is 382 g/mol. The Kier molecular flexibility index (Phi) is 6.94. The zero-order valence-corrected chi connectivity index (χ0v) is 18.0. The summed E-state index contributed by atoms with van der Waals surface area (Å²) in [5.41, 5.74) is 3.58.